The van der Waals surface area contributed by atoms with Gasteiger partial charge in [0.15, 0.2) is 0 Å². The van der Waals surface area contributed by atoms with Crippen molar-refractivity contribution >= 4 is 10.3 Å². The minimum Gasteiger partial charge on any atom is -0.273 e. The topological polar surface area (TPSA) is 57.6 Å². The second kappa shape index (κ2) is 24.0. The molecule has 0 aliphatic rings. The fraction of sp³-hybridized carbons (Fsp3) is 1.00. The molecule has 1 N–H and O–H groups in total. The lowest BCUT2D eigenvalue weighted by molar-refractivity contribution is 0.335. The first-order chi connectivity index (χ1) is 15.5. The normalized spacial score (nSPS) is 12.1. The van der Waals surface area contributed by atoms with Crippen LogP contribution >= 0.6 is 0 Å². The van der Waals surface area contributed by atoms with Crippen LogP contribution in [0.25, 0.3) is 0 Å². The summed E-state index contributed by atoms with van der Waals surface area (Å²) in [5.41, 5.74) is 0. The molecule has 0 aliphatic carbocycles. The number of rotatable bonds is 26. The van der Waals surface area contributed by atoms with Crippen molar-refractivity contribution in [3.05, 3.63) is 0 Å². The summed E-state index contributed by atoms with van der Waals surface area (Å²) in [7, 11) is -4.05. The largest absolute Gasteiger partial charge is 0.335 e. The molecule has 0 aromatic carbocycles. The van der Waals surface area contributed by atoms with Gasteiger partial charge in [-0.2, -0.15) is 12.7 Å². The van der Waals surface area contributed by atoms with Gasteiger partial charge in [-0.05, 0) is 12.8 Å². The first-order valence-electron chi connectivity index (χ1n) is 14.2. The standard InChI is InChI=1S/C27H57NO3S/c1-3-5-7-9-11-12-13-14-15-16-17-18-19-21-23-25-27-28(32(29,30)31)26-24-22-20-10-8-6-4-2/h3-27H2,1-2H3,(H,29,30,31). The lowest BCUT2D eigenvalue weighted by Crippen LogP contribution is -2.32. The molecule has 0 atom stereocenters. The molecule has 0 fully saturated rings. The van der Waals surface area contributed by atoms with E-state index in [2.05, 4.69) is 13.8 Å². The molecule has 4 nitrogen and oxygen atoms in total. The predicted molar refractivity (Wildman–Crippen MR) is 141 cm³/mol. The first-order valence-corrected chi connectivity index (χ1v) is 15.6. The van der Waals surface area contributed by atoms with Crippen molar-refractivity contribution < 1.29 is 13.0 Å². The van der Waals surface area contributed by atoms with Crippen LogP contribution in [-0.2, 0) is 10.3 Å². The van der Waals surface area contributed by atoms with E-state index in [0.717, 1.165) is 25.7 Å². The molecule has 0 aliphatic heterocycles. The Labute approximate surface area is 202 Å². The molecule has 194 valence electrons. The van der Waals surface area contributed by atoms with Crippen LogP contribution in [0.4, 0.5) is 0 Å². The highest BCUT2D eigenvalue weighted by Crippen LogP contribution is 2.14. The van der Waals surface area contributed by atoms with Crippen molar-refractivity contribution in [1.29, 1.82) is 0 Å². The molecule has 5 heteroatoms. The van der Waals surface area contributed by atoms with Crippen LogP contribution in [0.15, 0.2) is 0 Å². The van der Waals surface area contributed by atoms with Gasteiger partial charge in [-0.25, -0.2) is 0 Å². The van der Waals surface area contributed by atoms with E-state index in [9.17, 15) is 13.0 Å². The van der Waals surface area contributed by atoms with Crippen molar-refractivity contribution in [1.82, 2.24) is 4.31 Å². The second-order valence-corrected chi connectivity index (χ2v) is 11.2. The van der Waals surface area contributed by atoms with E-state index < -0.39 is 10.3 Å². The quantitative estimate of drug-likeness (QED) is 0.100. The molecule has 0 radical (unpaired) electrons. The summed E-state index contributed by atoms with van der Waals surface area (Å²) in [5.74, 6) is 0. The lowest BCUT2D eigenvalue weighted by Gasteiger charge is -2.18. The van der Waals surface area contributed by atoms with E-state index in [4.69, 9.17) is 0 Å². The summed E-state index contributed by atoms with van der Waals surface area (Å²) >= 11 is 0. The Bertz CT molecular complexity index is 468. The zero-order valence-electron chi connectivity index (χ0n) is 21.8. The summed E-state index contributed by atoms with van der Waals surface area (Å²) in [6, 6.07) is 0. The van der Waals surface area contributed by atoms with E-state index in [1.807, 2.05) is 0 Å². The molecule has 0 saturated carbocycles. The Morgan fingerprint density at radius 2 is 0.656 bits per heavy atom. The minimum absolute atomic E-state index is 0.464. The summed E-state index contributed by atoms with van der Waals surface area (Å²) < 4.78 is 34.0. The molecule has 0 aromatic heterocycles. The lowest BCUT2D eigenvalue weighted by atomic mass is 10.0. The molecule has 0 heterocycles. The summed E-state index contributed by atoms with van der Waals surface area (Å²) in [4.78, 5) is 0. The van der Waals surface area contributed by atoms with E-state index in [0.29, 0.717) is 13.1 Å². The summed E-state index contributed by atoms with van der Waals surface area (Å²) in [5, 5.41) is 0. The van der Waals surface area contributed by atoms with Crippen molar-refractivity contribution in [2.24, 2.45) is 0 Å². The average Bonchev–Trinajstić information content (AvgIpc) is 2.75. The number of unbranched alkanes of at least 4 members (excludes halogenated alkanes) is 21. The van der Waals surface area contributed by atoms with Crippen LogP contribution in [0.5, 0.6) is 0 Å². The Kier molecular flexibility index (Phi) is 23.9. The highest BCUT2D eigenvalue weighted by Gasteiger charge is 2.17. The van der Waals surface area contributed by atoms with Gasteiger partial charge in [0.2, 0.25) is 0 Å². The molecule has 0 aromatic rings. The summed E-state index contributed by atoms with van der Waals surface area (Å²) in [6.45, 7) is 5.41. The van der Waals surface area contributed by atoms with Crippen LogP contribution < -0.4 is 0 Å². The molecule has 0 amide bonds. The smallest absolute Gasteiger partial charge is 0.273 e. The number of hydrogen-bond donors (Lipinski definition) is 1. The van der Waals surface area contributed by atoms with Gasteiger partial charge in [0.1, 0.15) is 0 Å². The molecular formula is C27H57NO3S. The van der Waals surface area contributed by atoms with Gasteiger partial charge < -0.3 is 0 Å². The van der Waals surface area contributed by atoms with Gasteiger partial charge in [0, 0.05) is 13.1 Å². The van der Waals surface area contributed by atoms with Gasteiger partial charge in [0.05, 0.1) is 0 Å². The first kappa shape index (κ1) is 31.9. The monoisotopic (exact) mass is 475 g/mol. The van der Waals surface area contributed by atoms with Crippen molar-refractivity contribution in [3.8, 4) is 0 Å². The van der Waals surface area contributed by atoms with E-state index in [-0.39, 0.29) is 0 Å². The third kappa shape index (κ3) is 23.0. The number of hydrogen-bond acceptors (Lipinski definition) is 2. The molecule has 0 rings (SSSR count). The highest BCUT2D eigenvalue weighted by atomic mass is 32.2. The minimum atomic E-state index is -4.05. The Hall–Kier alpha value is -0.130. The zero-order chi connectivity index (χ0) is 23.8. The van der Waals surface area contributed by atoms with Crippen molar-refractivity contribution in [3.63, 3.8) is 0 Å². The van der Waals surface area contributed by atoms with E-state index in [1.54, 1.807) is 0 Å². The van der Waals surface area contributed by atoms with Gasteiger partial charge >= 0.3 is 10.3 Å². The Morgan fingerprint density at radius 1 is 0.438 bits per heavy atom. The SMILES string of the molecule is CCCCCCCCCCCCCCCCCCN(CCCCCCCCC)S(=O)(=O)O. The molecule has 0 unspecified atom stereocenters. The maximum absolute atomic E-state index is 11.6. The van der Waals surface area contributed by atoms with Crippen molar-refractivity contribution in [2.75, 3.05) is 13.1 Å². The molecule has 0 bridgehead atoms. The van der Waals surface area contributed by atoms with Crippen LogP contribution in [0.1, 0.15) is 162 Å². The Balaban J connectivity index is 3.50. The highest BCUT2D eigenvalue weighted by molar-refractivity contribution is 7.83. The van der Waals surface area contributed by atoms with Gasteiger partial charge in [-0.3, -0.25) is 4.55 Å². The van der Waals surface area contributed by atoms with Gasteiger partial charge in [-0.15, -0.1) is 0 Å². The fourth-order valence-corrected chi connectivity index (χ4v) is 5.14. The maximum Gasteiger partial charge on any atom is 0.335 e. The third-order valence-corrected chi connectivity index (χ3v) is 7.62. The predicted octanol–water partition coefficient (Wildman–Crippen LogP) is 9.10. The van der Waals surface area contributed by atoms with E-state index >= 15 is 0 Å². The average molecular weight is 476 g/mol. The van der Waals surface area contributed by atoms with Crippen molar-refractivity contribution in [2.45, 2.75) is 162 Å². The van der Waals surface area contributed by atoms with Crippen LogP contribution in [0, 0.1) is 0 Å². The van der Waals surface area contributed by atoms with Crippen LogP contribution in [0.2, 0.25) is 0 Å². The Morgan fingerprint density at radius 3 is 0.875 bits per heavy atom. The fourth-order valence-electron chi connectivity index (χ4n) is 4.42. The van der Waals surface area contributed by atoms with Gasteiger partial charge in [-0.1, -0.05) is 149 Å². The summed E-state index contributed by atoms with van der Waals surface area (Å²) in [6.07, 6.45) is 29.1. The maximum atomic E-state index is 11.6. The molecule has 0 spiro atoms. The zero-order valence-corrected chi connectivity index (χ0v) is 22.6. The third-order valence-electron chi connectivity index (χ3n) is 6.60. The number of nitrogens with zero attached hydrogens (tertiary/aromatic N) is 1. The second-order valence-electron chi connectivity index (χ2n) is 9.80. The molecule has 32 heavy (non-hydrogen) atoms. The van der Waals surface area contributed by atoms with E-state index in [1.165, 1.54) is 126 Å². The van der Waals surface area contributed by atoms with Gasteiger partial charge in [0.25, 0.3) is 0 Å². The molecule has 0 saturated heterocycles. The van der Waals surface area contributed by atoms with Crippen LogP contribution in [-0.4, -0.2) is 30.4 Å². The van der Waals surface area contributed by atoms with Crippen LogP contribution in [0.3, 0.4) is 0 Å². The molecular weight excluding hydrogens is 418 g/mol.